The molecule has 1 aliphatic heterocycles. The summed E-state index contributed by atoms with van der Waals surface area (Å²) in [6, 6.07) is 6.11. The number of fused-ring (bicyclic) bond motifs is 1. The number of rotatable bonds is 2. The smallest absolute Gasteiger partial charge is 0.135 e. The number of likely N-dealkylation sites (tertiary alicyclic amines) is 1. The maximum atomic E-state index is 5.58. The van der Waals surface area contributed by atoms with E-state index < -0.39 is 0 Å². The first-order valence-corrected chi connectivity index (χ1v) is 6.51. The van der Waals surface area contributed by atoms with Crippen LogP contribution in [0.4, 0.5) is 0 Å². The molecule has 16 heavy (non-hydrogen) atoms. The molecule has 3 heteroatoms. The highest BCUT2D eigenvalue weighted by Gasteiger charge is 2.15. The van der Waals surface area contributed by atoms with Crippen molar-refractivity contribution in [1.29, 1.82) is 0 Å². The number of hydrogen-bond acceptors (Lipinski definition) is 2. The lowest BCUT2D eigenvalue weighted by molar-refractivity contribution is 0.331. The van der Waals surface area contributed by atoms with Crippen molar-refractivity contribution < 1.29 is 4.42 Å². The standard InChI is InChI=1S/C13H14BrNO/c14-11-4-3-5-12-13(11)10(9-16-12)8-15-6-1-2-7-15/h3-5,9H,1-2,6-8H2. The molecule has 0 radical (unpaired) electrons. The summed E-state index contributed by atoms with van der Waals surface area (Å²) in [6.07, 6.45) is 4.56. The minimum atomic E-state index is 0.976. The second kappa shape index (κ2) is 4.22. The van der Waals surface area contributed by atoms with Crippen LogP contribution >= 0.6 is 15.9 Å². The van der Waals surface area contributed by atoms with Crippen LogP contribution in [-0.4, -0.2) is 18.0 Å². The Morgan fingerprint density at radius 1 is 1.25 bits per heavy atom. The summed E-state index contributed by atoms with van der Waals surface area (Å²) < 4.78 is 6.72. The average molecular weight is 280 g/mol. The van der Waals surface area contributed by atoms with Gasteiger partial charge in [0.25, 0.3) is 0 Å². The summed E-state index contributed by atoms with van der Waals surface area (Å²) in [4.78, 5) is 2.49. The number of hydrogen-bond donors (Lipinski definition) is 0. The molecule has 3 rings (SSSR count). The average Bonchev–Trinajstić information content (AvgIpc) is 2.90. The molecule has 0 atom stereocenters. The molecule has 0 bridgehead atoms. The zero-order chi connectivity index (χ0) is 11.0. The van der Waals surface area contributed by atoms with Crippen LogP contribution in [-0.2, 0) is 6.54 Å². The number of benzene rings is 1. The van der Waals surface area contributed by atoms with Crippen molar-refractivity contribution in [3.05, 3.63) is 34.5 Å². The molecule has 0 unspecified atom stereocenters. The quantitative estimate of drug-likeness (QED) is 0.832. The zero-order valence-electron chi connectivity index (χ0n) is 9.08. The Morgan fingerprint density at radius 2 is 2.06 bits per heavy atom. The number of furan rings is 1. The van der Waals surface area contributed by atoms with Gasteiger partial charge in [0.1, 0.15) is 5.58 Å². The summed E-state index contributed by atoms with van der Waals surface area (Å²) in [5.41, 5.74) is 2.27. The van der Waals surface area contributed by atoms with Crippen molar-refractivity contribution in [3.63, 3.8) is 0 Å². The van der Waals surface area contributed by atoms with Crippen LogP contribution in [0.5, 0.6) is 0 Å². The molecule has 0 amide bonds. The van der Waals surface area contributed by atoms with E-state index in [9.17, 15) is 0 Å². The van der Waals surface area contributed by atoms with E-state index >= 15 is 0 Å². The third-order valence-electron chi connectivity index (χ3n) is 3.22. The molecule has 2 heterocycles. The topological polar surface area (TPSA) is 16.4 Å². The SMILES string of the molecule is Brc1cccc2occ(CN3CCCC3)c12. The van der Waals surface area contributed by atoms with Crippen molar-refractivity contribution in [3.8, 4) is 0 Å². The second-order valence-corrected chi connectivity index (χ2v) is 5.21. The molecule has 2 aromatic rings. The van der Waals surface area contributed by atoms with Gasteiger partial charge in [-0.05, 0) is 38.1 Å². The molecule has 1 fully saturated rings. The van der Waals surface area contributed by atoms with Gasteiger partial charge in [0.2, 0.25) is 0 Å². The van der Waals surface area contributed by atoms with Gasteiger partial charge in [-0.1, -0.05) is 22.0 Å². The van der Waals surface area contributed by atoms with E-state index in [0.29, 0.717) is 0 Å². The fraction of sp³-hybridized carbons (Fsp3) is 0.385. The Kier molecular flexibility index (Phi) is 2.74. The van der Waals surface area contributed by atoms with Crippen LogP contribution in [0.25, 0.3) is 11.0 Å². The molecule has 84 valence electrons. The van der Waals surface area contributed by atoms with Crippen molar-refractivity contribution in [1.82, 2.24) is 4.90 Å². The van der Waals surface area contributed by atoms with Crippen LogP contribution in [0.1, 0.15) is 18.4 Å². The lowest BCUT2D eigenvalue weighted by Gasteiger charge is -2.13. The van der Waals surface area contributed by atoms with E-state index in [1.165, 1.54) is 36.9 Å². The molecule has 2 nitrogen and oxygen atoms in total. The third-order valence-corrected chi connectivity index (χ3v) is 3.88. The van der Waals surface area contributed by atoms with E-state index in [-0.39, 0.29) is 0 Å². The Morgan fingerprint density at radius 3 is 2.88 bits per heavy atom. The van der Waals surface area contributed by atoms with Crippen LogP contribution in [0.15, 0.2) is 33.4 Å². The van der Waals surface area contributed by atoms with Gasteiger partial charge in [0.15, 0.2) is 0 Å². The maximum absolute atomic E-state index is 5.58. The van der Waals surface area contributed by atoms with Gasteiger partial charge in [-0.3, -0.25) is 4.90 Å². The third kappa shape index (κ3) is 1.78. The first kappa shape index (κ1) is 10.4. The van der Waals surface area contributed by atoms with E-state index in [4.69, 9.17) is 4.42 Å². The largest absolute Gasteiger partial charge is 0.464 e. The predicted octanol–water partition coefficient (Wildman–Crippen LogP) is 3.79. The van der Waals surface area contributed by atoms with Gasteiger partial charge in [0.05, 0.1) is 6.26 Å². The van der Waals surface area contributed by atoms with Gasteiger partial charge in [-0.2, -0.15) is 0 Å². The highest BCUT2D eigenvalue weighted by Crippen LogP contribution is 2.30. The molecule has 1 aromatic heterocycles. The highest BCUT2D eigenvalue weighted by atomic mass is 79.9. The summed E-state index contributed by atoms with van der Waals surface area (Å²) >= 11 is 3.60. The van der Waals surface area contributed by atoms with Crippen LogP contribution < -0.4 is 0 Å². The van der Waals surface area contributed by atoms with Gasteiger partial charge >= 0.3 is 0 Å². The lowest BCUT2D eigenvalue weighted by Crippen LogP contribution is -2.18. The summed E-state index contributed by atoms with van der Waals surface area (Å²) in [5.74, 6) is 0. The van der Waals surface area contributed by atoms with Crippen molar-refractivity contribution in [2.24, 2.45) is 0 Å². The van der Waals surface area contributed by atoms with Gasteiger partial charge in [0, 0.05) is 22.0 Å². The first-order valence-electron chi connectivity index (χ1n) is 5.71. The fourth-order valence-corrected chi connectivity index (χ4v) is 3.01. The van der Waals surface area contributed by atoms with E-state index in [1.54, 1.807) is 0 Å². The number of nitrogens with zero attached hydrogens (tertiary/aromatic N) is 1. The monoisotopic (exact) mass is 279 g/mol. The van der Waals surface area contributed by atoms with Gasteiger partial charge in [-0.15, -0.1) is 0 Å². The fourth-order valence-electron chi connectivity index (χ4n) is 2.41. The van der Waals surface area contributed by atoms with Gasteiger partial charge in [-0.25, -0.2) is 0 Å². The highest BCUT2D eigenvalue weighted by molar-refractivity contribution is 9.10. The Bertz CT molecular complexity index is 500. The summed E-state index contributed by atoms with van der Waals surface area (Å²) in [5, 5.41) is 1.23. The normalized spacial score (nSPS) is 17.3. The molecule has 1 aliphatic rings. The molecule has 1 aromatic carbocycles. The van der Waals surface area contributed by atoms with Crippen molar-refractivity contribution >= 4 is 26.9 Å². The first-order chi connectivity index (χ1) is 7.84. The van der Waals surface area contributed by atoms with Crippen molar-refractivity contribution in [2.45, 2.75) is 19.4 Å². The maximum Gasteiger partial charge on any atom is 0.135 e. The summed E-state index contributed by atoms with van der Waals surface area (Å²) in [6.45, 7) is 3.45. The van der Waals surface area contributed by atoms with Crippen LogP contribution in [0.2, 0.25) is 0 Å². The van der Waals surface area contributed by atoms with Gasteiger partial charge < -0.3 is 4.42 Å². The molecule has 0 saturated carbocycles. The Hall–Kier alpha value is -0.800. The van der Waals surface area contributed by atoms with Crippen LogP contribution in [0, 0.1) is 0 Å². The minimum Gasteiger partial charge on any atom is -0.464 e. The Balaban J connectivity index is 1.97. The summed E-state index contributed by atoms with van der Waals surface area (Å²) in [7, 11) is 0. The number of halogens is 1. The molecular weight excluding hydrogens is 266 g/mol. The van der Waals surface area contributed by atoms with Crippen LogP contribution in [0.3, 0.4) is 0 Å². The predicted molar refractivity (Wildman–Crippen MR) is 68.4 cm³/mol. The molecule has 0 spiro atoms. The van der Waals surface area contributed by atoms with E-state index in [2.05, 4.69) is 26.9 Å². The van der Waals surface area contributed by atoms with E-state index in [1.807, 2.05) is 18.4 Å². The molecule has 0 aliphatic carbocycles. The van der Waals surface area contributed by atoms with Crippen molar-refractivity contribution in [2.75, 3.05) is 13.1 Å². The molecule has 1 saturated heterocycles. The molecule has 0 N–H and O–H groups in total. The lowest BCUT2D eigenvalue weighted by atomic mass is 10.1. The Labute approximate surface area is 103 Å². The zero-order valence-corrected chi connectivity index (χ0v) is 10.7. The molecular formula is C13H14BrNO. The van der Waals surface area contributed by atoms with E-state index in [0.717, 1.165) is 16.6 Å². The second-order valence-electron chi connectivity index (χ2n) is 4.36. The minimum absolute atomic E-state index is 0.976.